The van der Waals surface area contributed by atoms with Crippen LogP contribution in [-0.2, 0) is 6.54 Å². The quantitative estimate of drug-likeness (QED) is 0.828. The molecule has 0 amide bonds. The van der Waals surface area contributed by atoms with E-state index in [0.29, 0.717) is 6.04 Å². The molecule has 0 bridgehead atoms. The molecule has 2 heteroatoms. The summed E-state index contributed by atoms with van der Waals surface area (Å²) in [6.07, 6.45) is 0. The average molecular weight is 203 g/mol. The lowest BCUT2D eigenvalue weighted by molar-refractivity contribution is 0.487. The van der Waals surface area contributed by atoms with Crippen LogP contribution in [0.25, 0.3) is 11.0 Å². The minimum Gasteiger partial charge on any atom is -0.459 e. The summed E-state index contributed by atoms with van der Waals surface area (Å²) < 4.78 is 5.79. The summed E-state index contributed by atoms with van der Waals surface area (Å²) in [6.45, 7) is 7.14. The lowest BCUT2D eigenvalue weighted by Crippen LogP contribution is -2.21. The molecule has 0 aliphatic heterocycles. The van der Waals surface area contributed by atoms with Crippen molar-refractivity contribution in [2.45, 2.75) is 33.4 Å². The van der Waals surface area contributed by atoms with Gasteiger partial charge in [-0.05, 0) is 18.6 Å². The van der Waals surface area contributed by atoms with Crippen LogP contribution in [0.2, 0.25) is 0 Å². The highest BCUT2D eigenvalue weighted by molar-refractivity contribution is 5.80. The lowest BCUT2D eigenvalue weighted by atomic mass is 10.2. The van der Waals surface area contributed by atoms with E-state index in [9.17, 15) is 0 Å². The van der Waals surface area contributed by atoms with Crippen LogP contribution in [0.4, 0.5) is 0 Å². The van der Waals surface area contributed by atoms with Gasteiger partial charge in [0.2, 0.25) is 0 Å². The Kier molecular flexibility index (Phi) is 2.78. The molecule has 0 atom stereocenters. The maximum absolute atomic E-state index is 5.79. The molecule has 0 aliphatic rings. The average Bonchev–Trinajstić information content (AvgIpc) is 2.59. The Morgan fingerprint density at radius 2 is 2.13 bits per heavy atom. The van der Waals surface area contributed by atoms with Gasteiger partial charge in [0.1, 0.15) is 11.3 Å². The molecule has 0 aliphatic carbocycles. The van der Waals surface area contributed by atoms with Crippen molar-refractivity contribution >= 4 is 11.0 Å². The first-order valence-corrected chi connectivity index (χ1v) is 5.38. The Morgan fingerprint density at radius 3 is 2.80 bits per heavy atom. The van der Waals surface area contributed by atoms with Gasteiger partial charge in [-0.3, -0.25) is 0 Å². The number of para-hydroxylation sites is 1. The molecule has 0 spiro atoms. The highest BCUT2D eigenvalue weighted by Gasteiger charge is 2.05. The Bertz CT molecular complexity index is 457. The third-order valence-corrected chi connectivity index (χ3v) is 2.48. The molecule has 0 fully saturated rings. The van der Waals surface area contributed by atoms with Gasteiger partial charge in [0, 0.05) is 11.4 Å². The molecular formula is C13H17NO. The molecule has 2 aromatic rings. The first-order valence-electron chi connectivity index (χ1n) is 5.38. The molecule has 1 aromatic heterocycles. The molecule has 1 N–H and O–H groups in total. The van der Waals surface area contributed by atoms with Crippen LogP contribution in [-0.4, -0.2) is 6.04 Å². The van der Waals surface area contributed by atoms with E-state index in [1.165, 1.54) is 10.9 Å². The van der Waals surface area contributed by atoms with E-state index in [2.05, 4.69) is 50.4 Å². The standard InChI is InChI=1S/C13H17NO/c1-9(2)14-8-12-7-11-6-4-5-10(3)13(11)15-12/h4-7,9,14H,8H2,1-3H3. The van der Waals surface area contributed by atoms with Crippen molar-refractivity contribution in [1.82, 2.24) is 5.32 Å². The second-order valence-corrected chi connectivity index (χ2v) is 4.24. The van der Waals surface area contributed by atoms with Crippen LogP contribution in [0.5, 0.6) is 0 Å². The Balaban J connectivity index is 2.27. The van der Waals surface area contributed by atoms with E-state index in [-0.39, 0.29) is 0 Å². The maximum atomic E-state index is 5.79. The zero-order valence-corrected chi connectivity index (χ0v) is 9.50. The zero-order valence-electron chi connectivity index (χ0n) is 9.50. The molecule has 1 heterocycles. The molecule has 2 nitrogen and oxygen atoms in total. The van der Waals surface area contributed by atoms with Crippen molar-refractivity contribution in [3.05, 3.63) is 35.6 Å². The van der Waals surface area contributed by atoms with Gasteiger partial charge in [-0.25, -0.2) is 0 Å². The third-order valence-electron chi connectivity index (χ3n) is 2.48. The number of hydrogen-bond acceptors (Lipinski definition) is 2. The monoisotopic (exact) mass is 203 g/mol. The number of aryl methyl sites for hydroxylation is 1. The number of hydrogen-bond donors (Lipinski definition) is 1. The van der Waals surface area contributed by atoms with Gasteiger partial charge in [-0.2, -0.15) is 0 Å². The predicted molar refractivity (Wildman–Crippen MR) is 62.9 cm³/mol. The van der Waals surface area contributed by atoms with E-state index >= 15 is 0 Å². The van der Waals surface area contributed by atoms with Gasteiger partial charge in [0.15, 0.2) is 0 Å². The fourth-order valence-corrected chi connectivity index (χ4v) is 1.65. The summed E-state index contributed by atoms with van der Waals surface area (Å²) in [5.41, 5.74) is 2.21. The smallest absolute Gasteiger partial charge is 0.137 e. The highest BCUT2D eigenvalue weighted by atomic mass is 16.3. The third kappa shape index (κ3) is 2.21. The van der Waals surface area contributed by atoms with Crippen molar-refractivity contribution < 1.29 is 4.42 Å². The Hall–Kier alpha value is -1.28. The Labute approximate surface area is 90.3 Å². The molecule has 2 rings (SSSR count). The van der Waals surface area contributed by atoms with Crippen LogP contribution in [0, 0.1) is 6.92 Å². The number of nitrogens with one attached hydrogen (secondary N) is 1. The van der Waals surface area contributed by atoms with Crippen LogP contribution in [0.1, 0.15) is 25.2 Å². The summed E-state index contributed by atoms with van der Waals surface area (Å²) in [6, 6.07) is 8.82. The van der Waals surface area contributed by atoms with Crippen molar-refractivity contribution in [2.24, 2.45) is 0 Å². The second-order valence-electron chi connectivity index (χ2n) is 4.24. The summed E-state index contributed by atoms with van der Waals surface area (Å²) in [5.74, 6) is 1.01. The number of rotatable bonds is 3. The van der Waals surface area contributed by atoms with Crippen LogP contribution < -0.4 is 5.32 Å². The van der Waals surface area contributed by atoms with Gasteiger partial charge >= 0.3 is 0 Å². The van der Waals surface area contributed by atoms with E-state index in [0.717, 1.165) is 17.9 Å². The number of furan rings is 1. The first kappa shape index (κ1) is 10.2. The lowest BCUT2D eigenvalue weighted by Gasteiger charge is -2.04. The molecular weight excluding hydrogens is 186 g/mol. The molecule has 15 heavy (non-hydrogen) atoms. The molecule has 1 aromatic carbocycles. The highest BCUT2D eigenvalue weighted by Crippen LogP contribution is 2.22. The fourth-order valence-electron chi connectivity index (χ4n) is 1.65. The second kappa shape index (κ2) is 4.07. The van der Waals surface area contributed by atoms with E-state index in [1.807, 2.05) is 0 Å². The van der Waals surface area contributed by atoms with Crippen LogP contribution in [0.3, 0.4) is 0 Å². The predicted octanol–water partition coefficient (Wildman–Crippen LogP) is 3.24. The van der Waals surface area contributed by atoms with E-state index < -0.39 is 0 Å². The van der Waals surface area contributed by atoms with Gasteiger partial charge in [0.05, 0.1) is 6.54 Å². The van der Waals surface area contributed by atoms with E-state index in [4.69, 9.17) is 4.42 Å². The van der Waals surface area contributed by atoms with Gasteiger partial charge in [-0.1, -0.05) is 32.0 Å². The summed E-state index contributed by atoms with van der Waals surface area (Å²) in [7, 11) is 0. The first-order chi connectivity index (χ1) is 7.16. The van der Waals surface area contributed by atoms with Crippen molar-refractivity contribution in [3.63, 3.8) is 0 Å². The van der Waals surface area contributed by atoms with Crippen LogP contribution >= 0.6 is 0 Å². The summed E-state index contributed by atoms with van der Waals surface area (Å²) >= 11 is 0. The number of benzene rings is 1. The topological polar surface area (TPSA) is 25.2 Å². The van der Waals surface area contributed by atoms with Crippen molar-refractivity contribution in [3.8, 4) is 0 Å². The summed E-state index contributed by atoms with van der Waals surface area (Å²) in [5, 5.41) is 4.54. The van der Waals surface area contributed by atoms with Crippen LogP contribution in [0.15, 0.2) is 28.7 Å². The van der Waals surface area contributed by atoms with Gasteiger partial charge in [0.25, 0.3) is 0 Å². The zero-order chi connectivity index (χ0) is 10.8. The minimum atomic E-state index is 0.485. The van der Waals surface area contributed by atoms with E-state index in [1.54, 1.807) is 0 Å². The molecule has 0 saturated heterocycles. The maximum Gasteiger partial charge on any atom is 0.137 e. The minimum absolute atomic E-state index is 0.485. The molecule has 80 valence electrons. The molecule has 0 unspecified atom stereocenters. The SMILES string of the molecule is Cc1cccc2cc(CNC(C)C)oc12. The van der Waals surface area contributed by atoms with Gasteiger partial charge < -0.3 is 9.73 Å². The number of fused-ring (bicyclic) bond motifs is 1. The fraction of sp³-hybridized carbons (Fsp3) is 0.385. The molecule has 0 radical (unpaired) electrons. The van der Waals surface area contributed by atoms with Crippen molar-refractivity contribution in [1.29, 1.82) is 0 Å². The summed E-state index contributed by atoms with van der Waals surface area (Å²) in [4.78, 5) is 0. The normalized spacial score (nSPS) is 11.5. The molecule has 0 saturated carbocycles. The van der Waals surface area contributed by atoms with Crippen molar-refractivity contribution in [2.75, 3.05) is 0 Å². The Morgan fingerprint density at radius 1 is 1.33 bits per heavy atom. The van der Waals surface area contributed by atoms with Gasteiger partial charge in [-0.15, -0.1) is 0 Å². The largest absolute Gasteiger partial charge is 0.459 e.